The highest BCUT2D eigenvalue weighted by molar-refractivity contribution is 9.10. The Kier molecular flexibility index (Phi) is 4.50. The first-order chi connectivity index (χ1) is 9.10. The smallest absolute Gasteiger partial charge is 0.162 e. The van der Waals surface area contributed by atoms with Gasteiger partial charge >= 0.3 is 0 Å². The summed E-state index contributed by atoms with van der Waals surface area (Å²) in [6, 6.07) is 8.96. The van der Waals surface area contributed by atoms with Gasteiger partial charge in [0, 0.05) is 10.5 Å². The van der Waals surface area contributed by atoms with Crippen molar-refractivity contribution in [2.24, 2.45) is 5.73 Å². The van der Waals surface area contributed by atoms with Crippen LogP contribution in [0.25, 0.3) is 0 Å². The first-order valence-electron chi connectivity index (χ1n) is 5.71. The van der Waals surface area contributed by atoms with Crippen LogP contribution in [0.15, 0.2) is 40.9 Å². The number of hydrogen-bond acceptors (Lipinski definition) is 2. The van der Waals surface area contributed by atoms with Crippen LogP contribution in [0.1, 0.15) is 5.56 Å². The molecule has 0 spiro atoms. The third kappa shape index (κ3) is 3.52. The van der Waals surface area contributed by atoms with Crippen molar-refractivity contribution in [3.8, 4) is 11.5 Å². The standard InChI is InChI=1S/C14H12BrF2NO/c15-10-2-1-9(5-6-18)14(7-10)19-11-3-4-12(16)13(17)8-11/h1-4,7-8H,5-6,18H2. The Bertz CT molecular complexity index is 590. The van der Waals surface area contributed by atoms with E-state index in [-0.39, 0.29) is 5.75 Å². The van der Waals surface area contributed by atoms with Crippen LogP contribution >= 0.6 is 15.9 Å². The Hall–Kier alpha value is -1.46. The highest BCUT2D eigenvalue weighted by atomic mass is 79.9. The van der Waals surface area contributed by atoms with E-state index in [1.54, 1.807) is 6.07 Å². The molecule has 0 unspecified atom stereocenters. The summed E-state index contributed by atoms with van der Waals surface area (Å²) in [6.07, 6.45) is 0.645. The number of nitrogens with two attached hydrogens (primary N) is 1. The molecule has 0 saturated carbocycles. The zero-order valence-corrected chi connectivity index (χ0v) is 11.6. The minimum atomic E-state index is -0.937. The van der Waals surface area contributed by atoms with Gasteiger partial charge in [-0.25, -0.2) is 8.78 Å². The van der Waals surface area contributed by atoms with Crippen LogP contribution in [0.3, 0.4) is 0 Å². The summed E-state index contributed by atoms with van der Waals surface area (Å²) in [5.41, 5.74) is 6.44. The van der Waals surface area contributed by atoms with Crippen molar-refractivity contribution in [1.82, 2.24) is 0 Å². The van der Waals surface area contributed by atoms with Crippen molar-refractivity contribution < 1.29 is 13.5 Å². The normalized spacial score (nSPS) is 10.5. The molecule has 0 aliphatic heterocycles. The van der Waals surface area contributed by atoms with E-state index in [9.17, 15) is 8.78 Å². The van der Waals surface area contributed by atoms with Crippen molar-refractivity contribution >= 4 is 15.9 Å². The maximum Gasteiger partial charge on any atom is 0.162 e. The van der Waals surface area contributed by atoms with E-state index in [1.165, 1.54) is 6.07 Å². The van der Waals surface area contributed by atoms with Crippen LogP contribution < -0.4 is 10.5 Å². The van der Waals surface area contributed by atoms with Crippen LogP contribution in [0.2, 0.25) is 0 Å². The molecule has 0 heterocycles. The SMILES string of the molecule is NCCc1ccc(Br)cc1Oc1ccc(F)c(F)c1. The molecular weight excluding hydrogens is 316 g/mol. The number of ether oxygens (including phenoxy) is 1. The molecule has 2 aromatic carbocycles. The molecule has 0 fully saturated rings. The van der Waals surface area contributed by atoms with E-state index in [0.29, 0.717) is 18.7 Å². The molecule has 0 aromatic heterocycles. The topological polar surface area (TPSA) is 35.2 Å². The average molecular weight is 328 g/mol. The molecule has 2 N–H and O–H groups in total. The maximum absolute atomic E-state index is 13.1. The van der Waals surface area contributed by atoms with Crippen LogP contribution in [-0.2, 0) is 6.42 Å². The van der Waals surface area contributed by atoms with E-state index in [0.717, 1.165) is 22.2 Å². The Morgan fingerprint density at radius 3 is 2.53 bits per heavy atom. The summed E-state index contributed by atoms with van der Waals surface area (Å²) in [6.45, 7) is 0.482. The lowest BCUT2D eigenvalue weighted by atomic mass is 10.1. The van der Waals surface area contributed by atoms with Gasteiger partial charge in [0.15, 0.2) is 11.6 Å². The van der Waals surface area contributed by atoms with Crippen molar-refractivity contribution in [2.75, 3.05) is 6.54 Å². The largest absolute Gasteiger partial charge is 0.457 e. The summed E-state index contributed by atoms with van der Waals surface area (Å²) in [5, 5.41) is 0. The van der Waals surface area contributed by atoms with E-state index in [4.69, 9.17) is 10.5 Å². The summed E-state index contributed by atoms with van der Waals surface area (Å²) < 4.78 is 32.4. The van der Waals surface area contributed by atoms with E-state index < -0.39 is 11.6 Å². The van der Waals surface area contributed by atoms with Gasteiger partial charge in [-0.1, -0.05) is 22.0 Å². The lowest BCUT2D eigenvalue weighted by Gasteiger charge is -2.11. The number of rotatable bonds is 4. The van der Waals surface area contributed by atoms with E-state index in [1.807, 2.05) is 12.1 Å². The monoisotopic (exact) mass is 327 g/mol. The summed E-state index contributed by atoms with van der Waals surface area (Å²) >= 11 is 3.34. The molecular formula is C14H12BrF2NO. The van der Waals surface area contributed by atoms with Crippen molar-refractivity contribution in [2.45, 2.75) is 6.42 Å². The highest BCUT2D eigenvalue weighted by Gasteiger charge is 2.08. The van der Waals surface area contributed by atoms with E-state index >= 15 is 0 Å². The first kappa shape index (κ1) is 14.0. The molecule has 5 heteroatoms. The Morgan fingerprint density at radius 2 is 1.84 bits per heavy atom. The Labute approximate surface area is 118 Å². The Morgan fingerprint density at radius 1 is 1.05 bits per heavy atom. The predicted octanol–water partition coefficient (Wildman–Crippen LogP) is 4.02. The number of hydrogen-bond donors (Lipinski definition) is 1. The van der Waals surface area contributed by atoms with Gasteiger partial charge in [0.05, 0.1) is 0 Å². The van der Waals surface area contributed by atoms with Crippen molar-refractivity contribution in [1.29, 1.82) is 0 Å². The average Bonchev–Trinajstić information content (AvgIpc) is 2.37. The zero-order chi connectivity index (χ0) is 13.8. The maximum atomic E-state index is 13.1. The van der Waals surface area contributed by atoms with Crippen molar-refractivity contribution in [3.63, 3.8) is 0 Å². The van der Waals surface area contributed by atoms with Gasteiger partial charge in [-0.05, 0) is 42.8 Å². The molecule has 0 aliphatic rings. The fourth-order valence-corrected chi connectivity index (χ4v) is 1.99. The van der Waals surface area contributed by atoms with Gasteiger partial charge in [0.1, 0.15) is 11.5 Å². The van der Waals surface area contributed by atoms with Gasteiger partial charge in [-0.2, -0.15) is 0 Å². The van der Waals surface area contributed by atoms with Gasteiger partial charge in [0.2, 0.25) is 0 Å². The fourth-order valence-electron chi connectivity index (χ4n) is 1.65. The van der Waals surface area contributed by atoms with E-state index in [2.05, 4.69) is 15.9 Å². The molecule has 0 amide bonds. The molecule has 0 radical (unpaired) electrons. The summed E-state index contributed by atoms with van der Waals surface area (Å²) in [4.78, 5) is 0. The van der Waals surface area contributed by atoms with Gasteiger partial charge in [-0.15, -0.1) is 0 Å². The van der Waals surface area contributed by atoms with Crippen LogP contribution in [-0.4, -0.2) is 6.54 Å². The minimum absolute atomic E-state index is 0.246. The fraction of sp³-hybridized carbons (Fsp3) is 0.143. The second kappa shape index (κ2) is 6.12. The molecule has 0 atom stereocenters. The first-order valence-corrected chi connectivity index (χ1v) is 6.51. The Balaban J connectivity index is 2.30. The zero-order valence-electron chi connectivity index (χ0n) is 10.00. The lowest BCUT2D eigenvalue weighted by molar-refractivity contribution is 0.457. The molecule has 2 aromatic rings. The van der Waals surface area contributed by atoms with Crippen LogP contribution in [0.4, 0.5) is 8.78 Å². The van der Waals surface area contributed by atoms with Crippen molar-refractivity contribution in [3.05, 3.63) is 58.1 Å². The molecule has 0 bridgehead atoms. The van der Waals surface area contributed by atoms with Gasteiger partial charge in [0.25, 0.3) is 0 Å². The second-order valence-corrected chi connectivity index (χ2v) is 4.88. The minimum Gasteiger partial charge on any atom is -0.457 e. The molecule has 0 aliphatic carbocycles. The molecule has 100 valence electrons. The molecule has 2 nitrogen and oxygen atoms in total. The van der Waals surface area contributed by atoms with Gasteiger partial charge < -0.3 is 10.5 Å². The second-order valence-electron chi connectivity index (χ2n) is 3.97. The lowest BCUT2D eigenvalue weighted by Crippen LogP contribution is -2.04. The third-order valence-corrected chi connectivity index (χ3v) is 3.06. The number of halogens is 3. The predicted molar refractivity (Wildman–Crippen MR) is 73.3 cm³/mol. The summed E-state index contributed by atoms with van der Waals surface area (Å²) in [5.74, 6) is -1.02. The van der Waals surface area contributed by atoms with Crippen LogP contribution in [0.5, 0.6) is 11.5 Å². The third-order valence-electron chi connectivity index (χ3n) is 2.56. The van der Waals surface area contributed by atoms with Crippen LogP contribution in [0, 0.1) is 11.6 Å². The van der Waals surface area contributed by atoms with Gasteiger partial charge in [-0.3, -0.25) is 0 Å². The molecule has 0 saturated heterocycles. The summed E-state index contributed by atoms with van der Waals surface area (Å²) in [7, 11) is 0. The molecule has 19 heavy (non-hydrogen) atoms. The highest BCUT2D eigenvalue weighted by Crippen LogP contribution is 2.29. The number of benzene rings is 2. The molecule has 2 rings (SSSR count). The quantitative estimate of drug-likeness (QED) is 0.920.